The van der Waals surface area contributed by atoms with Crippen molar-refractivity contribution in [2.75, 3.05) is 13.2 Å². The van der Waals surface area contributed by atoms with Gasteiger partial charge in [-0.1, -0.05) is 60.7 Å². The van der Waals surface area contributed by atoms with Crippen LogP contribution in [0, 0.1) is 0 Å². The highest BCUT2D eigenvalue weighted by Crippen LogP contribution is 2.42. The van der Waals surface area contributed by atoms with Crippen LogP contribution < -0.4 is 11.1 Å². The summed E-state index contributed by atoms with van der Waals surface area (Å²) in [6.45, 7) is 0.759. The molecular formula is C18H18N2O4. The molecule has 0 spiro atoms. The fraction of sp³-hybridized carbons (Fsp3) is 0.222. The Hall–Kier alpha value is -2.70. The Morgan fingerprint density at radius 3 is 2.04 bits per heavy atom. The van der Waals surface area contributed by atoms with Crippen molar-refractivity contribution in [3.05, 3.63) is 71.8 Å². The van der Waals surface area contributed by atoms with Crippen molar-refractivity contribution in [3.63, 3.8) is 0 Å². The van der Waals surface area contributed by atoms with Crippen LogP contribution in [0.5, 0.6) is 0 Å². The molecule has 0 aromatic heterocycles. The minimum Gasteiger partial charge on any atom is -0.361 e. The lowest BCUT2D eigenvalue weighted by Gasteiger charge is -2.36. The van der Waals surface area contributed by atoms with Crippen molar-refractivity contribution in [1.29, 1.82) is 0 Å². The van der Waals surface area contributed by atoms with E-state index in [2.05, 4.69) is 5.32 Å². The Balaban J connectivity index is 2.08. The van der Waals surface area contributed by atoms with Gasteiger partial charge in [-0.2, -0.15) is 0 Å². The molecule has 0 bridgehead atoms. The van der Waals surface area contributed by atoms with Gasteiger partial charge in [0.25, 0.3) is 0 Å². The molecule has 1 aliphatic rings. The third kappa shape index (κ3) is 3.02. The molecule has 0 saturated carbocycles. The highest BCUT2D eigenvalue weighted by atomic mass is 16.7. The lowest BCUT2D eigenvalue weighted by Crippen LogP contribution is -2.48. The molecule has 1 aliphatic heterocycles. The summed E-state index contributed by atoms with van der Waals surface area (Å²) in [5, 5.41) is 2.65. The van der Waals surface area contributed by atoms with Gasteiger partial charge in [0.1, 0.15) is 6.04 Å². The first-order chi connectivity index (χ1) is 11.6. The van der Waals surface area contributed by atoms with Crippen LogP contribution >= 0.6 is 0 Å². The summed E-state index contributed by atoms with van der Waals surface area (Å²) in [4.78, 5) is 23.2. The number of carbonyl (C=O) groups excluding carboxylic acids is 2. The van der Waals surface area contributed by atoms with Crippen LogP contribution in [0.25, 0.3) is 0 Å². The van der Waals surface area contributed by atoms with Crippen molar-refractivity contribution in [2.45, 2.75) is 11.8 Å². The zero-order valence-electron chi connectivity index (χ0n) is 13.0. The second-order valence-electron chi connectivity index (χ2n) is 5.41. The summed E-state index contributed by atoms with van der Waals surface area (Å²) in [7, 11) is 0. The first kappa shape index (κ1) is 16.2. The Morgan fingerprint density at radius 2 is 1.50 bits per heavy atom. The third-order valence-electron chi connectivity index (χ3n) is 3.90. The van der Waals surface area contributed by atoms with Crippen LogP contribution in [0.3, 0.4) is 0 Å². The van der Waals surface area contributed by atoms with Crippen molar-refractivity contribution >= 4 is 11.8 Å². The number of amides is 2. The Bertz CT molecular complexity index is 712. The Morgan fingerprint density at radius 1 is 0.958 bits per heavy atom. The Kier molecular flexibility index (Phi) is 4.59. The maximum absolute atomic E-state index is 12.0. The number of hydrogen-bond donors (Lipinski definition) is 2. The van der Waals surface area contributed by atoms with E-state index in [1.807, 2.05) is 60.7 Å². The summed E-state index contributed by atoms with van der Waals surface area (Å²) < 4.78 is 11.9. The van der Waals surface area contributed by atoms with E-state index in [9.17, 15) is 9.59 Å². The second kappa shape index (κ2) is 6.82. The van der Waals surface area contributed by atoms with Crippen molar-refractivity contribution in [1.82, 2.24) is 5.32 Å². The fourth-order valence-corrected chi connectivity index (χ4v) is 2.84. The smallest absolute Gasteiger partial charge is 0.309 e. The number of rotatable bonds is 4. The number of hydrogen-bond acceptors (Lipinski definition) is 4. The maximum atomic E-state index is 12.0. The van der Waals surface area contributed by atoms with Crippen LogP contribution in [0.1, 0.15) is 17.2 Å². The fourth-order valence-electron chi connectivity index (χ4n) is 2.84. The molecule has 3 rings (SSSR count). The first-order valence-electron chi connectivity index (χ1n) is 7.62. The zero-order valence-corrected chi connectivity index (χ0v) is 13.0. The first-order valence-corrected chi connectivity index (χ1v) is 7.62. The normalized spacial score (nSPS) is 17.2. The summed E-state index contributed by atoms with van der Waals surface area (Å²) in [6, 6.07) is 17.8. The van der Waals surface area contributed by atoms with E-state index in [0.717, 1.165) is 11.1 Å². The molecule has 1 saturated heterocycles. The minimum atomic E-state index is -1.21. The number of primary amides is 1. The van der Waals surface area contributed by atoms with Crippen LogP contribution in [-0.2, 0) is 24.8 Å². The van der Waals surface area contributed by atoms with E-state index in [1.165, 1.54) is 0 Å². The van der Waals surface area contributed by atoms with Gasteiger partial charge in [-0.3, -0.25) is 9.59 Å². The molecule has 2 amide bonds. The second-order valence-corrected chi connectivity index (χ2v) is 5.41. The van der Waals surface area contributed by atoms with Crippen LogP contribution in [0.15, 0.2) is 60.7 Å². The maximum Gasteiger partial charge on any atom is 0.309 e. The minimum absolute atomic E-state index is 0.380. The molecule has 0 radical (unpaired) electrons. The van der Waals surface area contributed by atoms with Crippen molar-refractivity contribution in [3.8, 4) is 0 Å². The molecule has 3 N–H and O–H groups in total. The number of nitrogens with two attached hydrogens (primary N) is 1. The number of nitrogens with one attached hydrogen (secondary N) is 1. The molecule has 6 nitrogen and oxygen atoms in total. The van der Waals surface area contributed by atoms with Gasteiger partial charge in [-0.25, -0.2) is 0 Å². The highest BCUT2D eigenvalue weighted by Gasteiger charge is 2.48. The van der Waals surface area contributed by atoms with E-state index in [1.54, 1.807) is 0 Å². The van der Waals surface area contributed by atoms with Gasteiger partial charge in [0.2, 0.25) is 5.79 Å². The van der Waals surface area contributed by atoms with E-state index in [-0.39, 0.29) is 0 Å². The van der Waals surface area contributed by atoms with E-state index >= 15 is 0 Å². The summed E-state index contributed by atoms with van der Waals surface area (Å²) in [5.41, 5.74) is 6.61. The van der Waals surface area contributed by atoms with Crippen molar-refractivity contribution < 1.29 is 19.1 Å². The number of carbonyl (C=O) groups is 2. The average molecular weight is 326 g/mol. The topological polar surface area (TPSA) is 90.7 Å². The number of ether oxygens (including phenoxy) is 2. The predicted octanol–water partition coefficient (Wildman–Crippen LogP) is 1.23. The molecule has 24 heavy (non-hydrogen) atoms. The lowest BCUT2D eigenvalue weighted by atomic mass is 9.91. The molecule has 1 heterocycles. The monoisotopic (exact) mass is 326 g/mol. The summed E-state index contributed by atoms with van der Waals surface area (Å²) in [6.07, 6.45) is 0. The summed E-state index contributed by atoms with van der Waals surface area (Å²) in [5.74, 6) is -3.16. The van der Waals surface area contributed by atoms with Gasteiger partial charge in [-0.05, 0) is 5.56 Å². The van der Waals surface area contributed by atoms with Gasteiger partial charge in [0.05, 0.1) is 13.2 Å². The standard InChI is InChI=1S/C18H18N2O4/c19-16(21)17(22)20-15(13-7-3-1-4-8-13)18(23-11-12-24-18)14-9-5-2-6-10-14/h1-10,15H,11-12H2,(H2,19,21)(H,20,22)/t15-/m1/s1. The van der Waals surface area contributed by atoms with E-state index < -0.39 is 23.6 Å². The van der Waals surface area contributed by atoms with Crippen LogP contribution in [0.2, 0.25) is 0 Å². The predicted molar refractivity (Wildman–Crippen MR) is 86.5 cm³/mol. The molecule has 124 valence electrons. The molecule has 1 fully saturated rings. The molecule has 2 aromatic rings. The van der Waals surface area contributed by atoms with Gasteiger partial charge >= 0.3 is 11.8 Å². The SMILES string of the molecule is NC(=O)C(=O)N[C@H](c1ccccc1)C1(c2ccccc2)OCCO1. The highest BCUT2D eigenvalue weighted by molar-refractivity contribution is 6.34. The largest absolute Gasteiger partial charge is 0.361 e. The molecule has 0 unspecified atom stereocenters. The molecule has 1 atom stereocenters. The lowest BCUT2D eigenvalue weighted by molar-refractivity contribution is -0.192. The van der Waals surface area contributed by atoms with Crippen LogP contribution in [0.4, 0.5) is 0 Å². The third-order valence-corrected chi connectivity index (χ3v) is 3.90. The van der Waals surface area contributed by atoms with E-state index in [0.29, 0.717) is 13.2 Å². The van der Waals surface area contributed by atoms with Crippen molar-refractivity contribution in [2.24, 2.45) is 5.73 Å². The average Bonchev–Trinajstić information content (AvgIpc) is 3.11. The Labute approximate surface area is 139 Å². The summed E-state index contributed by atoms with van der Waals surface area (Å²) >= 11 is 0. The van der Waals surface area contributed by atoms with Gasteiger partial charge in [0.15, 0.2) is 0 Å². The van der Waals surface area contributed by atoms with Crippen LogP contribution in [-0.4, -0.2) is 25.0 Å². The molecule has 2 aromatic carbocycles. The number of benzene rings is 2. The van der Waals surface area contributed by atoms with Gasteiger partial charge in [0, 0.05) is 5.56 Å². The zero-order chi connectivity index (χ0) is 17.0. The van der Waals surface area contributed by atoms with Gasteiger partial charge in [-0.15, -0.1) is 0 Å². The molecule has 6 heteroatoms. The van der Waals surface area contributed by atoms with E-state index in [4.69, 9.17) is 15.2 Å². The molecule has 0 aliphatic carbocycles. The van der Waals surface area contributed by atoms with Gasteiger partial charge < -0.3 is 20.5 Å². The quantitative estimate of drug-likeness (QED) is 0.827. The molecular weight excluding hydrogens is 308 g/mol.